The molecule has 0 aliphatic carbocycles. The molecule has 0 unspecified atom stereocenters. The highest BCUT2D eigenvalue weighted by atomic mass is 79.9. The Hall–Kier alpha value is -2.41. The lowest BCUT2D eigenvalue weighted by Crippen LogP contribution is -2.05. The smallest absolute Gasteiger partial charge is 0.359 e. The fourth-order valence-corrected chi connectivity index (χ4v) is 2.49. The summed E-state index contributed by atoms with van der Waals surface area (Å²) in [6.07, 6.45) is 0. The van der Waals surface area contributed by atoms with Crippen LogP contribution in [-0.2, 0) is 4.74 Å². The molecule has 7 heteroatoms. The molecule has 0 bridgehead atoms. The monoisotopic (exact) mass is 362 g/mol. The molecule has 1 aromatic carbocycles. The summed E-state index contributed by atoms with van der Waals surface area (Å²) in [4.78, 5) is 23.9. The summed E-state index contributed by atoms with van der Waals surface area (Å²) in [5.74, 6) is -0.594. The number of halogens is 1. The van der Waals surface area contributed by atoms with Crippen LogP contribution in [0.1, 0.15) is 16.1 Å². The molecule has 0 radical (unpaired) electrons. The molecule has 0 saturated heterocycles. The Labute approximate surface area is 133 Å². The third-order valence-corrected chi connectivity index (χ3v) is 4.21. The third kappa shape index (κ3) is 2.14. The molecule has 0 amide bonds. The summed E-state index contributed by atoms with van der Waals surface area (Å²) < 4.78 is 11.8. The minimum Gasteiger partial charge on any atom is -0.464 e. The largest absolute Gasteiger partial charge is 0.464 e. The molecular weight excluding hydrogens is 352 g/mol. The van der Waals surface area contributed by atoms with Crippen LogP contribution in [0.25, 0.3) is 16.8 Å². The lowest BCUT2D eigenvalue weighted by molar-refractivity contribution is 0.0595. The predicted molar refractivity (Wildman–Crippen MR) is 83.4 cm³/mol. The Bertz CT molecular complexity index is 928. The average molecular weight is 363 g/mol. The van der Waals surface area contributed by atoms with E-state index in [-0.39, 0.29) is 15.9 Å². The SMILES string of the molecule is COC(=O)c1nn(-c2ccccc2)c2oc(=O)c(Br)c(C)c12. The number of hydrogen-bond donors (Lipinski definition) is 0. The quantitative estimate of drug-likeness (QED) is 0.655. The second-order valence-corrected chi connectivity index (χ2v) is 5.39. The number of carbonyl (C=O) groups is 1. The van der Waals surface area contributed by atoms with Crippen LogP contribution in [0.4, 0.5) is 0 Å². The van der Waals surface area contributed by atoms with E-state index in [1.165, 1.54) is 11.8 Å². The van der Waals surface area contributed by atoms with Gasteiger partial charge in [0.25, 0.3) is 0 Å². The maximum Gasteiger partial charge on any atom is 0.359 e. The van der Waals surface area contributed by atoms with Gasteiger partial charge in [-0.05, 0) is 40.5 Å². The van der Waals surface area contributed by atoms with E-state index in [4.69, 9.17) is 9.15 Å². The van der Waals surface area contributed by atoms with E-state index in [0.29, 0.717) is 16.6 Å². The molecule has 3 rings (SSSR count). The van der Waals surface area contributed by atoms with Crippen molar-refractivity contribution in [3.63, 3.8) is 0 Å². The van der Waals surface area contributed by atoms with Gasteiger partial charge in [0.15, 0.2) is 5.69 Å². The first-order valence-corrected chi connectivity index (χ1v) is 7.19. The number of esters is 1. The first-order valence-electron chi connectivity index (χ1n) is 6.40. The summed E-state index contributed by atoms with van der Waals surface area (Å²) in [6.45, 7) is 1.72. The van der Waals surface area contributed by atoms with Crippen LogP contribution in [-0.4, -0.2) is 22.9 Å². The number of carbonyl (C=O) groups excluding carboxylic acids is 1. The van der Waals surface area contributed by atoms with Crippen molar-refractivity contribution in [2.24, 2.45) is 0 Å². The summed E-state index contributed by atoms with van der Waals surface area (Å²) in [5, 5.41) is 4.71. The normalized spacial score (nSPS) is 10.9. The highest BCUT2D eigenvalue weighted by Gasteiger charge is 2.24. The second-order valence-electron chi connectivity index (χ2n) is 4.60. The zero-order valence-corrected chi connectivity index (χ0v) is 13.4. The van der Waals surface area contributed by atoms with Crippen molar-refractivity contribution in [1.29, 1.82) is 0 Å². The fraction of sp³-hybridized carbons (Fsp3) is 0.133. The average Bonchev–Trinajstić information content (AvgIpc) is 2.92. The summed E-state index contributed by atoms with van der Waals surface area (Å²) in [5.41, 5.74) is 1.03. The number of benzene rings is 1. The van der Waals surface area contributed by atoms with Gasteiger partial charge in [-0.3, -0.25) is 0 Å². The molecule has 0 spiro atoms. The van der Waals surface area contributed by atoms with Crippen molar-refractivity contribution in [3.05, 3.63) is 56.5 Å². The Morgan fingerprint density at radius 2 is 2.00 bits per heavy atom. The van der Waals surface area contributed by atoms with E-state index in [0.717, 1.165) is 0 Å². The van der Waals surface area contributed by atoms with Gasteiger partial charge in [-0.15, -0.1) is 0 Å². The molecule has 112 valence electrons. The predicted octanol–water partition coefficient (Wildman–Crippen LogP) is 2.84. The van der Waals surface area contributed by atoms with E-state index in [2.05, 4.69) is 21.0 Å². The van der Waals surface area contributed by atoms with Crippen LogP contribution in [0, 0.1) is 6.92 Å². The minimum absolute atomic E-state index is 0.100. The van der Waals surface area contributed by atoms with E-state index < -0.39 is 11.6 Å². The maximum atomic E-state index is 12.0. The van der Waals surface area contributed by atoms with Gasteiger partial charge in [-0.2, -0.15) is 9.78 Å². The van der Waals surface area contributed by atoms with Gasteiger partial charge in [0.05, 0.1) is 18.2 Å². The Morgan fingerprint density at radius 1 is 1.32 bits per heavy atom. The number of nitrogens with zero attached hydrogens (tertiary/aromatic N) is 2. The Balaban J connectivity index is 2.45. The number of methoxy groups -OCH3 is 1. The molecule has 0 saturated carbocycles. The summed E-state index contributed by atoms with van der Waals surface area (Å²) in [7, 11) is 1.28. The van der Waals surface area contributed by atoms with Crippen molar-refractivity contribution < 1.29 is 13.9 Å². The van der Waals surface area contributed by atoms with Gasteiger partial charge >= 0.3 is 11.6 Å². The first-order chi connectivity index (χ1) is 10.5. The number of hydrogen-bond acceptors (Lipinski definition) is 5. The van der Waals surface area contributed by atoms with E-state index in [1.807, 2.05) is 18.2 Å². The number of para-hydroxylation sites is 1. The van der Waals surface area contributed by atoms with Gasteiger partial charge in [-0.25, -0.2) is 9.59 Å². The number of ether oxygens (including phenoxy) is 1. The Morgan fingerprint density at radius 3 is 2.64 bits per heavy atom. The van der Waals surface area contributed by atoms with Crippen molar-refractivity contribution in [1.82, 2.24) is 9.78 Å². The summed E-state index contributed by atoms with van der Waals surface area (Å²) in [6, 6.07) is 9.10. The molecule has 22 heavy (non-hydrogen) atoms. The van der Waals surface area contributed by atoms with Gasteiger partial charge in [0.2, 0.25) is 5.71 Å². The molecule has 0 atom stereocenters. The molecule has 2 aromatic heterocycles. The van der Waals surface area contributed by atoms with Gasteiger partial charge in [-0.1, -0.05) is 18.2 Å². The van der Waals surface area contributed by atoms with E-state index in [1.54, 1.807) is 19.1 Å². The zero-order valence-electron chi connectivity index (χ0n) is 11.8. The zero-order chi connectivity index (χ0) is 15.9. The van der Waals surface area contributed by atoms with Gasteiger partial charge in [0.1, 0.15) is 4.47 Å². The molecule has 0 aliphatic rings. The highest BCUT2D eigenvalue weighted by molar-refractivity contribution is 9.10. The minimum atomic E-state index is -0.594. The highest BCUT2D eigenvalue weighted by Crippen LogP contribution is 2.28. The molecule has 0 fully saturated rings. The second kappa shape index (κ2) is 5.42. The number of rotatable bonds is 2. The number of fused-ring (bicyclic) bond motifs is 1. The first kappa shape index (κ1) is 14.5. The van der Waals surface area contributed by atoms with Crippen molar-refractivity contribution in [2.75, 3.05) is 7.11 Å². The van der Waals surface area contributed by atoms with E-state index in [9.17, 15) is 9.59 Å². The number of aryl methyl sites for hydroxylation is 1. The molecule has 0 aliphatic heterocycles. The van der Waals surface area contributed by atoms with Crippen LogP contribution in [0.3, 0.4) is 0 Å². The molecule has 3 aromatic rings. The molecule has 6 nitrogen and oxygen atoms in total. The Kier molecular flexibility index (Phi) is 3.58. The van der Waals surface area contributed by atoms with Crippen LogP contribution in [0.5, 0.6) is 0 Å². The summed E-state index contributed by atoms with van der Waals surface area (Å²) >= 11 is 3.18. The van der Waals surface area contributed by atoms with E-state index >= 15 is 0 Å². The fourth-order valence-electron chi connectivity index (χ4n) is 2.21. The molecular formula is C15H11BrN2O4. The van der Waals surface area contributed by atoms with Gasteiger partial charge < -0.3 is 9.15 Å². The van der Waals surface area contributed by atoms with Crippen LogP contribution < -0.4 is 5.63 Å². The number of aromatic nitrogens is 2. The van der Waals surface area contributed by atoms with Crippen LogP contribution in [0.15, 0.2) is 44.0 Å². The van der Waals surface area contributed by atoms with Crippen LogP contribution >= 0.6 is 15.9 Å². The topological polar surface area (TPSA) is 74.3 Å². The molecule has 2 heterocycles. The lowest BCUT2D eigenvalue weighted by Gasteiger charge is -2.02. The maximum absolute atomic E-state index is 12.0. The van der Waals surface area contributed by atoms with Gasteiger partial charge in [0, 0.05) is 0 Å². The van der Waals surface area contributed by atoms with Crippen molar-refractivity contribution in [3.8, 4) is 5.69 Å². The van der Waals surface area contributed by atoms with Crippen molar-refractivity contribution >= 4 is 33.0 Å². The lowest BCUT2D eigenvalue weighted by atomic mass is 10.2. The molecule has 0 N–H and O–H groups in total. The standard InChI is InChI=1S/C15H11BrN2O4/c1-8-10-12(15(20)21-2)17-18(9-6-4-3-5-7-9)13(10)22-14(19)11(8)16/h3-7H,1-2H3. The van der Waals surface area contributed by atoms with Crippen molar-refractivity contribution in [2.45, 2.75) is 6.92 Å². The third-order valence-electron chi connectivity index (χ3n) is 3.30. The van der Waals surface area contributed by atoms with Crippen LogP contribution in [0.2, 0.25) is 0 Å².